The molecule has 0 saturated heterocycles. The number of hydrogen-bond donors (Lipinski definition) is 1. The van der Waals surface area contributed by atoms with Gasteiger partial charge in [0.05, 0.1) is 0 Å². The van der Waals surface area contributed by atoms with E-state index in [0.29, 0.717) is 5.41 Å². The van der Waals surface area contributed by atoms with Crippen LogP contribution in [-0.4, -0.2) is 5.54 Å². The van der Waals surface area contributed by atoms with Crippen LogP contribution in [0.4, 0.5) is 0 Å². The van der Waals surface area contributed by atoms with E-state index >= 15 is 0 Å². The number of rotatable bonds is 2. The molecule has 18 heavy (non-hydrogen) atoms. The summed E-state index contributed by atoms with van der Waals surface area (Å²) in [6.07, 6.45) is 8.55. The standard InChI is InChI=1S/C17H25N/c1-16(2)8-9-17(18,12-16)11-13-6-7-14-4-3-5-15(14)10-13/h6-7,10H,3-5,8-9,11-12,18H2,1-2H3. The van der Waals surface area contributed by atoms with Crippen LogP contribution in [0.25, 0.3) is 0 Å². The predicted octanol–water partition coefficient (Wildman–Crippen LogP) is 3.63. The van der Waals surface area contributed by atoms with Crippen molar-refractivity contribution in [2.24, 2.45) is 11.1 Å². The van der Waals surface area contributed by atoms with Crippen molar-refractivity contribution < 1.29 is 0 Å². The number of aryl methyl sites for hydroxylation is 2. The van der Waals surface area contributed by atoms with Crippen molar-refractivity contribution in [1.82, 2.24) is 0 Å². The largest absolute Gasteiger partial charge is 0.325 e. The van der Waals surface area contributed by atoms with Crippen molar-refractivity contribution in [3.8, 4) is 0 Å². The molecular weight excluding hydrogens is 218 g/mol. The highest BCUT2D eigenvalue weighted by Crippen LogP contribution is 2.43. The van der Waals surface area contributed by atoms with Gasteiger partial charge in [-0.05, 0) is 67.1 Å². The lowest BCUT2D eigenvalue weighted by molar-refractivity contribution is 0.334. The Kier molecular flexibility index (Phi) is 2.78. The van der Waals surface area contributed by atoms with Gasteiger partial charge >= 0.3 is 0 Å². The lowest BCUT2D eigenvalue weighted by Crippen LogP contribution is -2.40. The molecule has 1 heteroatoms. The molecule has 0 spiro atoms. The SMILES string of the molecule is CC1(C)CCC(N)(Cc2ccc3c(c2)CCC3)C1. The lowest BCUT2D eigenvalue weighted by Gasteiger charge is -2.27. The van der Waals surface area contributed by atoms with Crippen LogP contribution in [0.15, 0.2) is 18.2 Å². The maximum atomic E-state index is 6.61. The molecule has 2 aliphatic carbocycles. The second-order valence-electron chi connectivity index (χ2n) is 7.34. The first kappa shape index (κ1) is 12.2. The average molecular weight is 243 g/mol. The first-order valence-electron chi connectivity index (χ1n) is 7.36. The van der Waals surface area contributed by atoms with Crippen LogP contribution in [0.1, 0.15) is 56.2 Å². The number of hydrogen-bond acceptors (Lipinski definition) is 1. The van der Waals surface area contributed by atoms with Crippen molar-refractivity contribution >= 4 is 0 Å². The zero-order valence-electron chi connectivity index (χ0n) is 11.8. The topological polar surface area (TPSA) is 26.0 Å². The van der Waals surface area contributed by atoms with Crippen molar-refractivity contribution in [3.63, 3.8) is 0 Å². The summed E-state index contributed by atoms with van der Waals surface area (Å²) in [5.41, 5.74) is 11.7. The smallest absolute Gasteiger partial charge is 0.0200 e. The highest BCUT2D eigenvalue weighted by molar-refractivity contribution is 5.36. The molecule has 2 aliphatic rings. The molecule has 0 heterocycles. The fourth-order valence-electron chi connectivity index (χ4n) is 4.01. The van der Waals surface area contributed by atoms with Crippen molar-refractivity contribution in [2.45, 2.75) is 64.3 Å². The molecule has 1 aromatic carbocycles. The normalized spacial score (nSPS) is 29.5. The number of benzene rings is 1. The average Bonchev–Trinajstić information content (AvgIpc) is 2.82. The zero-order chi connectivity index (χ0) is 12.8. The quantitative estimate of drug-likeness (QED) is 0.843. The molecule has 2 N–H and O–H groups in total. The van der Waals surface area contributed by atoms with Gasteiger partial charge in [0.15, 0.2) is 0 Å². The van der Waals surface area contributed by atoms with E-state index < -0.39 is 0 Å². The summed E-state index contributed by atoms with van der Waals surface area (Å²) < 4.78 is 0. The van der Waals surface area contributed by atoms with E-state index in [4.69, 9.17) is 5.73 Å². The third kappa shape index (κ3) is 2.33. The number of nitrogens with two attached hydrogens (primary N) is 1. The van der Waals surface area contributed by atoms with E-state index in [2.05, 4.69) is 32.0 Å². The zero-order valence-corrected chi connectivity index (χ0v) is 11.8. The van der Waals surface area contributed by atoms with E-state index in [-0.39, 0.29) is 5.54 Å². The molecule has 0 radical (unpaired) electrons. The van der Waals surface area contributed by atoms with E-state index in [1.807, 2.05) is 0 Å². The van der Waals surface area contributed by atoms with Crippen LogP contribution in [0.2, 0.25) is 0 Å². The minimum atomic E-state index is 0.0380. The monoisotopic (exact) mass is 243 g/mol. The molecule has 1 nitrogen and oxygen atoms in total. The Morgan fingerprint density at radius 2 is 1.89 bits per heavy atom. The Bertz CT molecular complexity index is 461. The van der Waals surface area contributed by atoms with Crippen molar-refractivity contribution in [3.05, 3.63) is 34.9 Å². The van der Waals surface area contributed by atoms with Gasteiger partial charge in [0.2, 0.25) is 0 Å². The third-order valence-electron chi connectivity index (χ3n) is 4.85. The van der Waals surface area contributed by atoms with Gasteiger partial charge in [-0.1, -0.05) is 32.0 Å². The minimum absolute atomic E-state index is 0.0380. The fraction of sp³-hybridized carbons (Fsp3) is 0.647. The molecule has 3 rings (SSSR count). The van der Waals surface area contributed by atoms with Gasteiger partial charge in [-0.25, -0.2) is 0 Å². The Labute approximate surface area is 111 Å². The summed E-state index contributed by atoms with van der Waals surface area (Å²) >= 11 is 0. The maximum Gasteiger partial charge on any atom is 0.0200 e. The number of fused-ring (bicyclic) bond motifs is 1. The minimum Gasteiger partial charge on any atom is -0.325 e. The molecular formula is C17H25N. The fourth-order valence-corrected chi connectivity index (χ4v) is 4.01. The Morgan fingerprint density at radius 3 is 2.61 bits per heavy atom. The second-order valence-corrected chi connectivity index (χ2v) is 7.34. The van der Waals surface area contributed by atoms with Gasteiger partial charge in [-0.15, -0.1) is 0 Å². The Balaban J connectivity index is 1.77. The van der Waals surface area contributed by atoms with Gasteiger partial charge in [0.25, 0.3) is 0 Å². The van der Waals surface area contributed by atoms with Crippen LogP contribution in [0.5, 0.6) is 0 Å². The molecule has 0 bridgehead atoms. The first-order valence-corrected chi connectivity index (χ1v) is 7.36. The van der Waals surface area contributed by atoms with E-state index in [0.717, 1.165) is 12.8 Å². The van der Waals surface area contributed by atoms with E-state index in [1.54, 1.807) is 11.1 Å². The Morgan fingerprint density at radius 1 is 1.11 bits per heavy atom. The second kappa shape index (κ2) is 4.09. The molecule has 1 unspecified atom stereocenters. The van der Waals surface area contributed by atoms with Gasteiger partial charge < -0.3 is 5.73 Å². The molecule has 1 saturated carbocycles. The molecule has 1 fully saturated rings. The highest BCUT2D eigenvalue weighted by atomic mass is 14.8. The summed E-state index contributed by atoms with van der Waals surface area (Å²) in [6.45, 7) is 4.70. The molecule has 0 aromatic heterocycles. The van der Waals surface area contributed by atoms with Gasteiger partial charge in [-0.3, -0.25) is 0 Å². The Hall–Kier alpha value is -0.820. The molecule has 98 valence electrons. The summed E-state index contributed by atoms with van der Waals surface area (Å²) in [4.78, 5) is 0. The molecule has 0 amide bonds. The van der Waals surface area contributed by atoms with Crippen LogP contribution < -0.4 is 5.73 Å². The first-order chi connectivity index (χ1) is 8.46. The predicted molar refractivity (Wildman–Crippen MR) is 76.7 cm³/mol. The third-order valence-corrected chi connectivity index (χ3v) is 4.85. The highest BCUT2D eigenvalue weighted by Gasteiger charge is 2.40. The van der Waals surface area contributed by atoms with Crippen LogP contribution in [-0.2, 0) is 19.3 Å². The molecule has 1 atom stereocenters. The van der Waals surface area contributed by atoms with E-state index in [1.165, 1.54) is 37.7 Å². The maximum absolute atomic E-state index is 6.61. The van der Waals surface area contributed by atoms with Crippen molar-refractivity contribution in [1.29, 1.82) is 0 Å². The van der Waals surface area contributed by atoms with E-state index in [9.17, 15) is 0 Å². The summed E-state index contributed by atoms with van der Waals surface area (Å²) in [5, 5.41) is 0. The summed E-state index contributed by atoms with van der Waals surface area (Å²) in [5.74, 6) is 0. The summed E-state index contributed by atoms with van der Waals surface area (Å²) in [6, 6.07) is 7.06. The van der Waals surface area contributed by atoms with Crippen LogP contribution >= 0.6 is 0 Å². The van der Waals surface area contributed by atoms with Crippen molar-refractivity contribution in [2.75, 3.05) is 0 Å². The van der Waals surface area contributed by atoms with Crippen LogP contribution in [0, 0.1) is 5.41 Å². The van der Waals surface area contributed by atoms with Gasteiger partial charge in [0.1, 0.15) is 0 Å². The molecule has 1 aromatic rings. The molecule has 0 aliphatic heterocycles. The van der Waals surface area contributed by atoms with Gasteiger partial charge in [0, 0.05) is 5.54 Å². The van der Waals surface area contributed by atoms with Crippen LogP contribution in [0.3, 0.4) is 0 Å². The lowest BCUT2D eigenvalue weighted by atomic mass is 9.84. The van der Waals surface area contributed by atoms with Gasteiger partial charge in [-0.2, -0.15) is 0 Å². The summed E-state index contributed by atoms with van der Waals surface area (Å²) in [7, 11) is 0.